The molecule has 2 aromatic carbocycles. The highest BCUT2D eigenvalue weighted by atomic mass is 19.1. The van der Waals surface area contributed by atoms with Crippen LogP contribution in [0.5, 0.6) is 17.2 Å². The van der Waals surface area contributed by atoms with E-state index in [1.165, 1.54) is 50.3 Å². The lowest BCUT2D eigenvalue weighted by atomic mass is 10.1. The Labute approximate surface area is 155 Å². The molecular weight excluding hydrogens is 353 g/mol. The molecule has 0 bridgehead atoms. The van der Waals surface area contributed by atoms with E-state index in [0.717, 1.165) is 0 Å². The summed E-state index contributed by atoms with van der Waals surface area (Å²) in [5.41, 5.74) is 0.869. The SMILES string of the molecule is COc1cc(C(=O)Nc2ccc(-n3cccn3)c(F)c2)cc(OC)c1OC. The second-order valence-corrected chi connectivity index (χ2v) is 5.48. The third kappa shape index (κ3) is 3.69. The van der Waals surface area contributed by atoms with E-state index in [4.69, 9.17) is 14.2 Å². The maximum Gasteiger partial charge on any atom is 0.255 e. The quantitative estimate of drug-likeness (QED) is 0.720. The van der Waals surface area contributed by atoms with Gasteiger partial charge >= 0.3 is 0 Å². The second-order valence-electron chi connectivity index (χ2n) is 5.48. The van der Waals surface area contributed by atoms with Crippen molar-refractivity contribution < 1.29 is 23.4 Å². The normalized spacial score (nSPS) is 10.4. The number of aromatic nitrogens is 2. The fraction of sp³-hybridized carbons (Fsp3) is 0.158. The van der Waals surface area contributed by atoms with Crippen LogP contribution in [0.4, 0.5) is 10.1 Å². The Balaban J connectivity index is 1.86. The molecule has 0 atom stereocenters. The van der Waals surface area contributed by atoms with Gasteiger partial charge in [0, 0.05) is 23.6 Å². The summed E-state index contributed by atoms with van der Waals surface area (Å²) >= 11 is 0. The number of anilines is 1. The molecule has 140 valence electrons. The van der Waals surface area contributed by atoms with Gasteiger partial charge in [-0.3, -0.25) is 4.79 Å². The number of nitrogens with one attached hydrogen (secondary N) is 1. The van der Waals surface area contributed by atoms with E-state index in [-0.39, 0.29) is 11.3 Å². The highest BCUT2D eigenvalue weighted by Crippen LogP contribution is 2.38. The van der Waals surface area contributed by atoms with Crippen LogP contribution in [-0.2, 0) is 0 Å². The monoisotopic (exact) mass is 371 g/mol. The summed E-state index contributed by atoms with van der Waals surface area (Å²) in [6.45, 7) is 0. The summed E-state index contributed by atoms with van der Waals surface area (Å²) < 4.78 is 31.5. The molecule has 0 saturated carbocycles. The van der Waals surface area contributed by atoms with Crippen molar-refractivity contribution in [2.75, 3.05) is 26.6 Å². The molecule has 0 unspecified atom stereocenters. The molecule has 7 nitrogen and oxygen atoms in total. The molecule has 0 radical (unpaired) electrons. The predicted octanol–water partition coefficient (Wildman–Crippen LogP) is 3.29. The van der Waals surface area contributed by atoms with Gasteiger partial charge in [-0.1, -0.05) is 0 Å². The lowest BCUT2D eigenvalue weighted by molar-refractivity contribution is 0.102. The summed E-state index contributed by atoms with van der Waals surface area (Å²) in [4.78, 5) is 12.6. The number of hydrogen-bond donors (Lipinski definition) is 1. The third-order valence-electron chi connectivity index (χ3n) is 3.88. The molecule has 0 spiro atoms. The van der Waals surface area contributed by atoms with Crippen LogP contribution in [0.1, 0.15) is 10.4 Å². The van der Waals surface area contributed by atoms with Gasteiger partial charge in [0.2, 0.25) is 5.75 Å². The topological polar surface area (TPSA) is 74.6 Å². The largest absolute Gasteiger partial charge is 0.493 e. The highest BCUT2D eigenvalue weighted by Gasteiger charge is 2.17. The van der Waals surface area contributed by atoms with Crippen LogP contribution < -0.4 is 19.5 Å². The van der Waals surface area contributed by atoms with Crippen LogP contribution in [-0.4, -0.2) is 37.0 Å². The molecule has 3 aromatic rings. The molecule has 27 heavy (non-hydrogen) atoms. The van der Waals surface area contributed by atoms with Crippen molar-refractivity contribution in [2.45, 2.75) is 0 Å². The van der Waals surface area contributed by atoms with Crippen LogP contribution >= 0.6 is 0 Å². The van der Waals surface area contributed by atoms with Gasteiger partial charge in [0.1, 0.15) is 5.69 Å². The molecule has 0 aliphatic carbocycles. The van der Waals surface area contributed by atoms with Gasteiger partial charge in [0.15, 0.2) is 17.3 Å². The van der Waals surface area contributed by atoms with E-state index in [2.05, 4.69) is 10.4 Å². The van der Waals surface area contributed by atoms with Crippen molar-refractivity contribution in [2.24, 2.45) is 0 Å². The Hall–Kier alpha value is -3.55. The number of ether oxygens (including phenoxy) is 3. The zero-order valence-electron chi connectivity index (χ0n) is 15.0. The molecular formula is C19H18FN3O4. The minimum atomic E-state index is -0.513. The fourth-order valence-corrected chi connectivity index (χ4v) is 2.60. The minimum absolute atomic E-state index is 0.279. The Morgan fingerprint density at radius 2 is 1.78 bits per heavy atom. The van der Waals surface area contributed by atoms with Crippen molar-refractivity contribution >= 4 is 11.6 Å². The molecule has 1 aromatic heterocycles. The van der Waals surface area contributed by atoms with E-state index in [1.807, 2.05) is 0 Å². The smallest absolute Gasteiger partial charge is 0.255 e. The number of amides is 1. The molecule has 0 fully saturated rings. The number of hydrogen-bond acceptors (Lipinski definition) is 5. The van der Waals surface area contributed by atoms with E-state index in [1.54, 1.807) is 24.5 Å². The first-order valence-electron chi connectivity index (χ1n) is 7.98. The lowest BCUT2D eigenvalue weighted by Crippen LogP contribution is -2.13. The molecule has 1 amide bonds. The Kier molecular flexibility index (Phi) is 5.25. The van der Waals surface area contributed by atoms with Gasteiger partial charge in [-0.2, -0.15) is 5.10 Å². The Bertz CT molecular complexity index is 933. The summed E-state index contributed by atoms with van der Waals surface area (Å²) in [5.74, 6) is 0.123. The molecule has 1 heterocycles. The number of carbonyl (C=O) groups excluding carboxylic acids is 1. The van der Waals surface area contributed by atoms with Crippen LogP contribution in [0, 0.1) is 5.82 Å². The first kappa shape index (κ1) is 18.2. The fourth-order valence-electron chi connectivity index (χ4n) is 2.60. The van der Waals surface area contributed by atoms with Gasteiger partial charge in [0.05, 0.1) is 21.3 Å². The lowest BCUT2D eigenvalue weighted by Gasteiger charge is -2.14. The maximum absolute atomic E-state index is 14.3. The molecule has 0 saturated heterocycles. The van der Waals surface area contributed by atoms with E-state index < -0.39 is 11.7 Å². The summed E-state index contributed by atoms with van der Waals surface area (Å²) in [5, 5.41) is 6.64. The minimum Gasteiger partial charge on any atom is -0.493 e. The standard InChI is InChI=1S/C19H18FN3O4/c1-25-16-9-12(10-17(26-2)18(16)27-3)19(24)22-13-5-6-15(14(20)11-13)23-8-4-7-21-23/h4-11H,1-3H3,(H,22,24). The van der Waals surface area contributed by atoms with Crippen molar-refractivity contribution in [1.82, 2.24) is 9.78 Å². The van der Waals surface area contributed by atoms with E-state index in [0.29, 0.717) is 22.9 Å². The highest BCUT2D eigenvalue weighted by molar-refractivity contribution is 6.05. The van der Waals surface area contributed by atoms with E-state index >= 15 is 0 Å². The number of benzene rings is 2. The average Bonchev–Trinajstić information content (AvgIpc) is 3.21. The maximum atomic E-state index is 14.3. The van der Waals surface area contributed by atoms with Gasteiger partial charge in [-0.05, 0) is 36.4 Å². The first-order chi connectivity index (χ1) is 13.1. The number of nitrogens with zero attached hydrogens (tertiary/aromatic N) is 2. The van der Waals surface area contributed by atoms with E-state index in [9.17, 15) is 9.18 Å². The average molecular weight is 371 g/mol. The number of rotatable bonds is 6. The van der Waals surface area contributed by atoms with Gasteiger partial charge in [0.25, 0.3) is 5.91 Å². The first-order valence-corrected chi connectivity index (χ1v) is 7.98. The molecule has 8 heteroatoms. The number of carbonyl (C=O) groups is 1. The second kappa shape index (κ2) is 7.77. The Morgan fingerprint density at radius 3 is 2.30 bits per heavy atom. The molecule has 3 rings (SSSR count). The van der Waals surface area contributed by atoms with Gasteiger partial charge in [-0.25, -0.2) is 9.07 Å². The molecule has 1 N–H and O–H groups in total. The Morgan fingerprint density at radius 1 is 1.07 bits per heavy atom. The van der Waals surface area contributed by atoms with Gasteiger partial charge in [-0.15, -0.1) is 0 Å². The van der Waals surface area contributed by atoms with Crippen molar-refractivity contribution in [3.05, 3.63) is 60.2 Å². The zero-order chi connectivity index (χ0) is 19.4. The molecule has 0 aliphatic rings. The zero-order valence-corrected chi connectivity index (χ0v) is 15.0. The number of halogens is 1. The van der Waals surface area contributed by atoms with Crippen molar-refractivity contribution in [3.63, 3.8) is 0 Å². The predicted molar refractivity (Wildman–Crippen MR) is 97.6 cm³/mol. The third-order valence-corrected chi connectivity index (χ3v) is 3.88. The van der Waals surface area contributed by atoms with Crippen LogP contribution in [0.25, 0.3) is 5.69 Å². The number of methoxy groups -OCH3 is 3. The summed E-state index contributed by atoms with van der Waals surface area (Å²) in [7, 11) is 4.40. The van der Waals surface area contributed by atoms with Crippen molar-refractivity contribution in [3.8, 4) is 22.9 Å². The van der Waals surface area contributed by atoms with Crippen LogP contribution in [0.3, 0.4) is 0 Å². The van der Waals surface area contributed by atoms with Crippen molar-refractivity contribution in [1.29, 1.82) is 0 Å². The van der Waals surface area contributed by atoms with Gasteiger partial charge < -0.3 is 19.5 Å². The molecule has 0 aliphatic heterocycles. The van der Waals surface area contributed by atoms with Crippen LogP contribution in [0.2, 0.25) is 0 Å². The summed E-state index contributed by atoms with van der Waals surface area (Å²) in [6, 6.07) is 9.09. The van der Waals surface area contributed by atoms with Crippen LogP contribution in [0.15, 0.2) is 48.8 Å². The summed E-state index contributed by atoms with van der Waals surface area (Å²) in [6.07, 6.45) is 3.19.